The van der Waals surface area contributed by atoms with Crippen LogP contribution in [-0.4, -0.2) is 25.7 Å². The van der Waals surface area contributed by atoms with Gasteiger partial charge in [0, 0.05) is 6.54 Å². The number of methoxy groups -OCH3 is 1. The number of hydrogen-bond donors (Lipinski definition) is 2. The Kier molecular flexibility index (Phi) is 6.97. The Morgan fingerprint density at radius 3 is 2.59 bits per heavy atom. The molecule has 2 aromatic carbocycles. The third-order valence-corrected chi connectivity index (χ3v) is 4.82. The first-order valence-electron chi connectivity index (χ1n) is 9.66. The molecule has 2 aromatic rings. The fourth-order valence-corrected chi connectivity index (χ4v) is 3.31. The van der Waals surface area contributed by atoms with Crippen LogP contribution in [0.3, 0.4) is 0 Å². The average molecular weight is 367 g/mol. The van der Waals surface area contributed by atoms with Crippen molar-refractivity contribution < 1.29 is 9.47 Å². The van der Waals surface area contributed by atoms with Crippen molar-refractivity contribution in [1.82, 2.24) is 5.32 Å². The highest BCUT2D eigenvalue weighted by Crippen LogP contribution is 2.32. The summed E-state index contributed by atoms with van der Waals surface area (Å²) in [6.45, 7) is 1.27. The molecule has 0 amide bonds. The van der Waals surface area contributed by atoms with Crippen molar-refractivity contribution in [2.75, 3.05) is 13.7 Å². The highest BCUT2D eigenvalue weighted by Gasteiger charge is 2.18. The van der Waals surface area contributed by atoms with Crippen LogP contribution in [0.4, 0.5) is 0 Å². The van der Waals surface area contributed by atoms with Gasteiger partial charge in [0.1, 0.15) is 0 Å². The second-order valence-corrected chi connectivity index (χ2v) is 6.87. The van der Waals surface area contributed by atoms with E-state index >= 15 is 0 Å². The number of nitrogens with two attached hydrogens (primary N) is 1. The second-order valence-electron chi connectivity index (χ2n) is 6.87. The number of hydrogen-bond acceptors (Lipinski definition) is 3. The molecule has 1 fully saturated rings. The topological polar surface area (TPSA) is 68.9 Å². The predicted molar refractivity (Wildman–Crippen MR) is 109 cm³/mol. The van der Waals surface area contributed by atoms with Gasteiger partial charge in [-0.05, 0) is 55.4 Å². The molecule has 0 bridgehead atoms. The van der Waals surface area contributed by atoms with Gasteiger partial charge >= 0.3 is 0 Å². The van der Waals surface area contributed by atoms with Crippen molar-refractivity contribution in [2.45, 2.75) is 44.8 Å². The molecule has 1 saturated carbocycles. The maximum atomic E-state index is 6.14. The Hall–Kier alpha value is -2.69. The first-order valence-corrected chi connectivity index (χ1v) is 9.66. The lowest BCUT2D eigenvalue weighted by atomic mass is 10.1. The van der Waals surface area contributed by atoms with Crippen molar-refractivity contribution >= 4 is 5.96 Å². The molecule has 0 radical (unpaired) electrons. The lowest BCUT2D eigenvalue weighted by Gasteiger charge is -2.16. The molecule has 5 heteroatoms. The van der Waals surface area contributed by atoms with Crippen LogP contribution >= 0.6 is 0 Å². The van der Waals surface area contributed by atoms with E-state index in [1.165, 1.54) is 18.4 Å². The standard InChI is InChI=1S/C22H29N3O2/c1-26-20-12-11-18(15-21(20)27-19-9-5-6-10-19)16-25-22(23)24-14-13-17-7-3-2-4-8-17/h2-4,7-8,11-12,15,19H,5-6,9-10,13-14,16H2,1H3,(H3,23,24,25). The monoisotopic (exact) mass is 367 g/mol. The number of ether oxygens (including phenoxy) is 2. The second kappa shape index (κ2) is 9.86. The Balaban J connectivity index is 1.53. The summed E-state index contributed by atoms with van der Waals surface area (Å²) in [5, 5.41) is 3.17. The number of benzene rings is 2. The van der Waals surface area contributed by atoms with E-state index in [0.717, 1.165) is 42.9 Å². The van der Waals surface area contributed by atoms with Crippen LogP contribution in [0.15, 0.2) is 53.5 Å². The molecule has 0 unspecified atom stereocenters. The van der Waals surface area contributed by atoms with Crippen LogP contribution in [0.1, 0.15) is 36.8 Å². The highest BCUT2D eigenvalue weighted by atomic mass is 16.5. The molecule has 27 heavy (non-hydrogen) atoms. The van der Waals surface area contributed by atoms with Gasteiger partial charge in [0.05, 0.1) is 19.8 Å². The summed E-state index contributed by atoms with van der Waals surface area (Å²) >= 11 is 0. The first-order chi connectivity index (χ1) is 13.2. The summed E-state index contributed by atoms with van der Waals surface area (Å²) in [6.07, 6.45) is 5.92. The van der Waals surface area contributed by atoms with Gasteiger partial charge in [-0.3, -0.25) is 0 Å². The molecule has 1 aliphatic rings. The van der Waals surface area contributed by atoms with E-state index in [1.54, 1.807) is 7.11 Å². The fourth-order valence-electron chi connectivity index (χ4n) is 3.31. The summed E-state index contributed by atoms with van der Waals surface area (Å²) < 4.78 is 11.6. The molecule has 0 aliphatic heterocycles. The number of rotatable bonds is 8. The van der Waals surface area contributed by atoms with Gasteiger partial charge < -0.3 is 20.5 Å². The van der Waals surface area contributed by atoms with Gasteiger partial charge in [-0.2, -0.15) is 0 Å². The molecular weight excluding hydrogens is 338 g/mol. The molecule has 3 N–H and O–H groups in total. The van der Waals surface area contributed by atoms with E-state index in [0.29, 0.717) is 18.6 Å². The minimum absolute atomic E-state index is 0.294. The highest BCUT2D eigenvalue weighted by molar-refractivity contribution is 5.77. The zero-order valence-electron chi connectivity index (χ0n) is 16.0. The van der Waals surface area contributed by atoms with Crippen LogP contribution < -0.4 is 20.5 Å². The molecule has 5 nitrogen and oxygen atoms in total. The van der Waals surface area contributed by atoms with E-state index in [2.05, 4.69) is 22.4 Å². The fraction of sp³-hybridized carbons (Fsp3) is 0.409. The molecule has 0 saturated heterocycles. The van der Waals surface area contributed by atoms with E-state index in [9.17, 15) is 0 Å². The maximum Gasteiger partial charge on any atom is 0.188 e. The molecule has 0 aromatic heterocycles. The van der Waals surface area contributed by atoms with Crippen LogP contribution in [0.25, 0.3) is 0 Å². The molecule has 0 heterocycles. The number of nitrogens with one attached hydrogen (secondary N) is 1. The maximum absolute atomic E-state index is 6.14. The number of guanidine groups is 1. The van der Waals surface area contributed by atoms with Crippen molar-refractivity contribution in [3.8, 4) is 11.5 Å². The van der Waals surface area contributed by atoms with Crippen molar-refractivity contribution in [2.24, 2.45) is 10.7 Å². The van der Waals surface area contributed by atoms with E-state index in [1.807, 2.05) is 36.4 Å². The van der Waals surface area contributed by atoms with Crippen molar-refractivity contribution in [3.05, 3.63) is 59.7 Å². The minimum atomic E-state index is 0.294. The molecule has 0 atom stereocenters. The Bertz CT molecular complexity index is 740. The van der Waals surface area contributed by atoms with Crippen LogP contribution in [0.2, 0.25) is 0 Å². The van der Waals surface area contributed by atoms with Crippen LogP contribution in [0.5, 0.6) is 11.5 Å². The van der Waals surface area contributed by atoms with Crippen molar-refractivity contribution in [3.63, 3.8) is 0 Å². The lowest BCUT2D eigenvalue weighted by molar-refractivity contribution is 0.200. The smallest absolute Gasteiger partial charge is 0.188 e. The van der Waals surface area contributed by atoms with Gasteiger partial charge in [0.15, 0.2) is 17.5 Å². The van der Waals surface area contributed by atoms with Gasteiger partial charge in [-0.15, -0.1) is 0 Å². The van der Waals surface area contributed by atoms with Crippen molar-refractivity contribution in [1.29, 1.82) is 0 Å². The summed E-state index contributed by atoms with van der Waals surface area (Å²) in [5.74, 6) is 2.02. The summed E-state index contributed by atoms with van der Waals surface area (Å²) in [5.41, 5.74) is 8.33. The van der Waals surface area contributed by atoms with Gasteiger partial charge in [0.25, 0.3) is 0 Å². The third kappa shape index (κ3) is 5.91. The normalized spacial score (nSPS) is 14.9. The van der Waals surface area contributed by atoms with Gasteiger partial charge in [-0.1, -0.05) is 36.4 Å². The number of aliphatic imine (C=N–C) groups is 1. The summed E-state index contributed by atoms with van der Waals surface area (Å²) in [7, 11) is 1.67. The lowest BCUT2D eigenvalue weighted by Crippen LogP contribution is -2.33. The SMILES string of the molecule is COc1ccc(CN=C(N)NCCc2ccccc2)cc1OC1CCCC1. The van der Waals surface area contributed by atoms with E-state index in [-0.39, 0.29) is 0 Å². The summed E-state index contributed by atoms with van der Waals surface area (Å²) in [6, 6.07) is 16.3. The molecule has 144 valence electrons. The molecule has 1 aliphatic carbocycles. The molecule has 0 spiro atoms. The minimum Gasteiger partial charge on any atom is -0.493 e. The van der Waals surface area contributed by atoms with Gasteiger partial charge in [-0.25, -0.2) is 4.99 Å². The predicted octanol–water partition coefficient (Wildman–Crippen LogP) is 3.66. The van der Waals surface area contributed by atoms with E-state index < -0.39 is 0 Å². The Morgan fingerprint density at radius 1 is 1.07 bits per heavy atom. The zero-order chi connectivity index (χ0) is 18.9. The Labute approximate surface area is 161 Å². The van der Waals surface area contributed by atoms with Crippen LogP contribution in [0, 0.1) is 0 Å². The molecule has 3 rings (SSSR count). The molecular formula is C22H29N3O2. The average Bonchev–Trinajstić information content (AvgIpc) is 3.20. The quantitative estimate of drug-likeness (QED) is 0.552. The van der Waals surface area contributed by atoms with Gasteiger partial charge in [0.2, 0.25) is 0 Å². The largest absolute Gasteiger partial charge is 0.493 e. The third-order valence-electron chi connectivity index (χ3n) is 4.82. The van der Waals surface area contributed by atoms with E-state index in [4.69, 9.17) is 15.2 Å². The van der Waals surface area contributed by atoms with Crippen LogP contribution in [-0.2, 0) is 13.0 Å². The summed E-state index contributed by atoms with van der Waals surface area (Å²) in [4.78, 5) is 4.44. The Morgan fingerprint density at radius 2 is 1.85 bits per heavy atom. The number of nitrogens with zero attached hydrogens (tertiary/aromatic N) is 1. The zero-order valence-corrected chi connectivity index (χ0v) is 16.0. The first kappa shape index (κ1) is 19.1.